The molecule has 1 N–H and O–H groups in total. The lowest BCUT2D eigenvalue weighted by molar-refractivity contribution is -0.116. The van der Waals surface area contributed by atoms with Gasteiger partial charge >= 0.3 is 0 Å². The molecule has 1 aliphatic rings. The largest absolute Gasteiger partial charge is 0.497 e. The molecule has 1 heterocycles. The number of carbonyl (C=O) groups is 1. The van der Waals surface area contributed by atoms with Crippen molar-refractivity contribution in [1.82, 2.24) is 5.32 Å². The van der Waals surface area contributed by atoms with E-state index in [1.807, 2.05) is 79.7 Å². The molecule has 0 saturated carbocycles. The Morgan fingerprint density at radius 3 is 2.57 bits per heavy atom. The number of aryl methyl sites for hydroxylation is 1. The van der Waals surface area contributed by atoms with Crippen molar-refractivity contribution in [2.45, 2.75) is 19.4 Å². The molecule has 0 bridgehead atoms. The summed E-state index contributed by atoms with van der Waals surface area (Å²) in [6.07, 6.45) is 2.66. The summed E-state index contributed by atoms with van der Waals surface area (Å²) in [5.74, 6) is 1.53. The molecule has 0 aliphatic carbocycles. The maximum Gasteiger partial charge on any atom is 0.252 e. The Morgan fingerprint density at radius 1 is 1.07 bits per heavy atom. The molecule has 0 spiro atoms. The van der Waals surface area contributed by atoms with Crippen LogP contribution in [0.4, 0.5) is 0 Å². The second kappa shape index (κ2) is 8.87. The summed E-state index contributed by atoms with van der Waals surface area (Å²) < 4.78 is 11.0. The lowest BCUT2D eigenvalue weighted by Crippen LogP contribution is -2.32. The molecule has 3 aromatic carbocycles. The predicted molar refractivity (Wildman–Crippen MR) is 119 cm³/mol. The van der Waals surface area contributed by atoms with Crippen LogP contribution in [0.1, 0.15) is 34.7 Å². The van der Waals surface area contributed by atoms with Gasteiger partial charge in [0, 0.05) is 17.6 Å². The molecule has 30 heavy (non-hydrogen) atoms. The van der Waals surface area contributed by atoms with E-state index in [-0.39, 0.29) is 11.9 Å². The zero-order chi connectivity index (χ0) is 20.9. The average Bonchev–Trinajstić information content (AvgIpc) is 2.79. The van der Waals surface area contributed by atoms with Crippen LogP contribution in [0.3, 0.4) is 0 Å². The first-order valence-corrected chi connectivity index (χ1v) is 10.1. The van der Waals surface area contributed by atoms with Gasteiger partial charge in [0.15, 0.2) is 0 Å². The van der Waals surface area contributed by atoms with E-state index < -0.39 is 0 Å². The number of fused-ring (bicyclic) bond motifs is 1. The molecule has 0 saturated heterocycles. The maximum atomic E-state index is 13.4. The third-order valence-electron chi connectivity index (χ3n) is 5.27. The molecular formula is C26H25NO3. The monoisotopic (exact) mass is 399 g/mol. The first kappa shape index (κ1) is 19.8. The van der Waals surface area contributed by atoms with E-state index in [0.29, 0.717) is 12.2 Å². The normalized spacial score (nSPS) is 15.7. The topological polar surface area (TPSA) is 47.6 Å². The number of rotatable bonds is 5. The number of amides is 1. The summed E-state index contributed by atoms with van der Waals surface area (Å²) in [5, 5.41) is 3.23. The van der Waals surface area contributed by atoms with Gasteiger partial charge in [0.25, 0.3) is 5.91 Å². The molecule has 152 valence electrons. The summed E-state index contributed by atoms with van der Waals surface area (Å²) >= 11 is 0. The summed E-state index contributed by atoms with van der Waals surface area (Å²) in [4.78, 5) is 13.4. The van der Waals surface area contributed by atoms with Crippen molar-refractivity contribution in [2.24, 2.45) is 0 Å². The SMILES string of the molecule is COc1ccc(/C=C(/C(=O)NC2CCOc3ccc(C)cc32)c2ccccc2)cc1. The Hall–Kier alpha value is -3.53. The molecule has 1 unspecified atom stereocenters. The first-order chi connectivity index (χ1) is 14.6. The number of methoxy groups -OCH3 is 1. The van der Waals surface area contributed by atoms with Crippen molar-refractivity contribution in [3.8, 4) is 11.5 Å². The minimum absolute atomic E-state index is 0.0795. The molecule has 1 amide bonds. The van der Waals surface area contributed by atoms with E-state index in [9.17, 15) is 4.79 Å². The molecule has 4 nitrogen and oxygen atoms in total. The highest BCUT2D eigenvalue weighted by atomic mass is 16.5. The fourth-order valence-electron chi connectivity index (χ4n) is 3.66. The van der Waals surface area contributed by atoms with Crippen molar-refractivity contribution in [2.75, 3.05) is 13.7 Å². The van der Waals surface area contributed by atoms with Gasteiger partial charge in [-0.1, -0.05) is 60.2 Å². The Kier molecular flexibility index (Phi) is 5.84. The highest BCUT2D eigenvalue weighted by Gasteiger charge is 2.24. The molecule has 0 radical (unpaired) electrons. The van der Waals surface area contributed by atoms with E-state index in [2.05, 4.69) is 11.4 Å². The van der Waals surface area contributed by atoms with Crippen LogP contribution in [-0.4, -0.2) is 19.6 Å². The smallest absolute Gasteiger partial charge is 0.252 e. The van der Waals surface area contributed by atoms with E-state index in [0.717, 1.165) is 40.2 Å². The molecule has 4 heteroatoms. The first-order valence-electron chi connectivity index (χ1n) is 10.1. The molecular weight excluding hydrogens is 374 g/mol. The number of hydrogen-bond donors (Lipinski definition) is 1. The van der Waals surface area contributed by atoms with E-state index in [1.54, 1.807) is 7.11 Å². The van der Waals surface area contributed by atoms with E-state index >= 15 is 0 Å². The average molecular weight is 399 g/mol. The number of nitrogens with one attached hydrogen (secondary N) is 1. The lowest BCUT2D eigenvalue weighted by Gasteiger charge is -2.27. The van der Waals surface area contributed by atoms with Crippen LogP contribution in [0.25, 0.3) is 11.6 Å². The Morgan fingerprint density at radius 2 is 1.83 bits per heavy atom. The van der Waals surface area contributed by atoms with Crippen molar-refractivity contribution >= 4 is 17.6 Å². The zero-order valence-corrected chi connectivity index (χ0v) is 17.2. The zero-order valence-electron chi connectivity index (χ0n) is 17.2. The fraction of sp³-hybridized carbons (Fsp3) is 0.192. The van der Waals surface area contributed by atoms with Gasteiger partial charge in [-0.15, -0.1) is 0 Å². The summed E-state index contributed by atoms with van der Waals surface area (Å²) in [5.41, 5.74) is 4.62. The van der Waals surface area contributed by atoms with Gasteiger partial charge < -0.3 is 14.8 Å². The van der Waals surface area contributed by atoms with Crippen molar-refractivity contribution in [3.05, 3.63) is 95.1 Å². The third-order valence-corrected chi connectivity index (χ3v) is 5.27. The molecule has 1 aliphatic heterocycles. The van der Waals surface area contributed by atoms with Gasteiger partial charge in [0.1, 0.15) is 11.5 Å². The standard InChI is InChI=1S/C26H25NO3/c1-18-8-13-25-23(16-18)24(14-15-30-25)27-26(28)22(20-6-4-3-5-7-20)17-19-9-11-21(29-2)12-10-19/h3-13,16-17,24H,14-15H2,1-2H3,(H,27,28)/b22-17+. The minimum Gasteiger partial charge on any atom is -0.497 e. The van der Waals surface area contributed by atoms with Gasteiger partial charge in [-0.3, -0.25) is 4.79 Å². The van der Waals surface area contributed by atoms with Crippen molar-refractivity contribution < 1.29 is 14.3 Å². The van der Waals surface area contributed by atoms with E-state index in [1.165, 1.54) is 0 Å². The van der Waals surface area contributed by atoms with Gasteiger partial charge in [0.05, 0.1) is 19.8 Å². The number of benzene rings is 3. The number of carbonyl (C=O) groups excluding carboxylic acids is 1. The van der Waals surface area contributed by atoms with Crippen LogP contribution in [0.15, 0.2) is 72.8 Å². The molecule has 0 fully saturated rings. The van der Waals surface area contributed by atoms with Crippen molar-refractivity contribution in [1.29, 1.82) is 0 Å². The quantitative estimate of drug-likeness (QED) is 0.475. The van der Waals surface area contributed by atoms with Gasteiger partial charge in [-0.05, 0) is 42.3 Å². The molecule has 0 aromatic heterocycles. The summed E-state index contributed by atoms with van der Waals surface area (Å²) in [7, 11) is 1.64. The Balaban J connectivity index is 1.65. The Labute approximate surface area is 177 Å². The highest BCUT2D eigenvalue weighted by molar-refractivity contribution is 6.24. The van der Waals surface area contributed by atoms with Crippen molar-refractivity contribution in [3.63, 3.8) is 0 Å². The Bertz CT molecular complexity index is 1060. The van der Waals surface area contributed by atoms with Crippen LogP contribution in [-0.2, 0) is 4.79 Å². The minimum atomic E-state index is -0.101. The third kappa shape index (κ3) is 4.38. The van der Waals surface area contributed by atoms with Gasteiger partial charge in [-0.2, -0.15) is 0 Å². The molecule has 4 rings (SSSR count). The number of ether oxygens (including phenoxy) is 2. The molecule has 1 atom stereocenters. The highest BCUT2D eigenvalue weighted by Crippen LogP contribution is 2.33. The number of hydrogen-bond acceptors (Lipinski definition) is 3. The van der Waals surface area contributed by atoms with Gasteiger partial charge in [-0.25, -0.2) is 0 Å². The van der Waals surface area contributed by atoms with Crippen LogP contribution in [0, 0.1) is 6.92 Å². The van der Waals surface area contributed by atoms with Crippen LogP contribution in [0.2, 0.25) is 0 Å². The molecule has 3 aromatic rings. The predicted octanol–water partition coefficient (Wildman–Crippen LogP) is 5.18. The van der Waals surface area contributed by atoms with Crippen LogP contribution in [0.5, 0.6) is 11.5 Å². The van der Waals surface area contributed by atoms with Gasteiger partial charge in [0.2, 0.25) is 0 Å². The fourth-order valence-corrected chi connectivity index (χ4v) is 3.66. The van der Waals surface area contributed by atoms with Crippen LogP contribution >= 0.6 is 0 Å². The van der Waals surface area contributed by atoms with Crippen LogP contribution < -0.4 is 14.8 Å². The second-order valence-corrected chi connectivity index (χ2v) is 7.40. The summed E-state index contributed by atoms with van der Waals surface area (Å²) in [6, 6.07) is 23.4. The lowest BCUT2D eigenvalue weighted by atomic mass is 9.97. The second-order valence-electron chi connectivity index (χ2n) is 7.40. The summed E-state index contributed by atoms with van der Waals surface area (Å²) in [6.45, 7) is 2.64. The van der Waals surface area contributed by atoms with E-state index in [4.69, 9.17) is 9.47 Å². The maximum absolute atomic E-state index is 13.4.